The summed E-state index contributed by atoms with van der Waals surface area (Å²) >= 11 is 3.41. The zero-order chi connectivity index (χ0) is 11.8. The van der Waals surface area contributed by atoms with Crippen molar-refractivity contribution in [1.29, 1.82) is 0 Å². The van der Waals surface area contributed by atoms with E-state index in [0.29, 0.717) is 0 Å². The molecule has 0 aliphatic carbocycles. The summed E-state index contributed by atoms with van der Waals surface area (Å²) in [5, 5.41) is 0.853. The Morgan fingerprint density at radius 2 is 2.19 bits per heavy atom. The van der Waals surface area contributed by atoms with E-state index in [0.717, 1.165) is 37.5 Å². The topological polar surface area (TPSA) is 25.4 Å². The molecule has 16 heavy (non-hydrogen) atoms. The van der Waals surface area contributed by atoms with Crippen molar-refractivity contribution in [2.24, 2.45) is 0 Å². The van der Waals surface area contributed by atoms with Gasteiger partial charge in [0.05, 0.1) is 6.61 Å². The van der Waals surface area contributed by atoms with Crippen molar-refractivity contribution < 1.29 is 4.74 Å². The zero-order valence-corrected chi connectivity index (χ0v) is 11.5. The Kier molecular flexibility index (Phi) is 6.42. The molecule has 1 aromatic heterocycles. The second-order valence-corrected chi connectivity index (χ2v) is 4.00. The summed E-state index contributed by atoms with van der Waals surface area (Å²) in [6.07, 6.45) is 1.91. The van der Waals surface area contributed by atoms with Crippen LogP contribution in [-0.4, -0.2) is 31.3 Å². The highest BCUT2D eigenvalue weighted by Gasteiger charge is 2.04. The number of likely N-dealkylation sites (N-methyl/N-ethyl adjacent to an activating group) is 1. The van der Waals surface area contributed by atoms with Gasteiger partial charge in [-0.3, -0.25) is 0 Å². The Balaban J connectivity index is 2.56. The number of alkyl halides is 1. The molecule has 0 amide bonds. The van der Waals surface area contributed by atoms with E-state index in [4.69, 9.17) is 4.74 Å². The molecule has 0 N–H and O–H groups in total. The first kappa shape index (κ1) is 13.5. The molecule has 0 unspecified atom stereocenters. The zero-order valence-electron chi connectivity index (χ0n) is 9.95. The first-order valence-corrected chi connectivity index (χ1v) is 6.77. The highest BCUT2D eigenvalue weighted by atomic mass is 79.9. The van der Waals surface area contributed by atoms with Gasteiger partial charge in [-0.2, -0.15) is 0 Å². The van der Waals surface area contributed by atoms with Gasteiger partial charge in [-0.15, -0.1) is 0 Å². The van der Waals surface area contributed by atoms with Gasteiger partial charge in [0.2, 0.25) is 0 Å². The Bertz CT molecular complexity index is 290. The molecule has 0 aliphatic heterocycles. The maximum Gasteiger partial charge on any atom is 0.128 e. The van der Waals surface area contributed by atoms with Gasteiger partial charge in [0.1, 0.15) is 5.82 Å². The van der Waals surface area contributed by atoms with Gasteiger partial charge in [-0.1, -0.05) is 22.0 Å². The highest BCUT2D eigenvalue weighted by molar-refractivity contribution is 9.08. The summed E-state index contributed by atoms with van der Waals surface area (Å²) in [7, 11) is 0. The van der Waals surface area contributed by atoms with E-state index in [2.05, 4.69) is 44.9 Å². The minimum absolute atomic E-state index is 0.756. The van der Waals surface area contributed by atoms with Gasteiger partial charge in [-0.05, 0) is 25.5 Å². The number of pyridine rings is 1. The third-order valence-electron chi connectivity index (χ3n) is 2.38. The Hall–Kier alpha value is -0.610. The molecule has 0 atom stereocenters. The number of aromatic nitrogens is 1. The van der Waals surface area contributed by atoms with Crippen molar-refractivity contribution in [2.45, 2.75) is 19.2 Å². The second kappa shape index (κ2) is 7.63. The molecule has 0 fully saturated rings. The summed E-state index contributed by atoms with van der Waals surface area (Å²) < 4.78 is 5.36. The number of ether oxygens (including phenoxy) is 1. The minimum Gasteiger partial charge on any atom is -0.380 e. The third-order valence-corrected chi connectivity index (χ3v) is 3.03. The number of rotatable bonds is 7. The summed E-state index contributed by atoms with van der Waals surface area (Å²) in [5.74, 6) is 1.02. The number of hydrogen-bond acceptors (Lipinski definition) is 3. The molecular formula is C12H19BrN2O. The molecule has 4 heteroatoms. The SMILES string of the molecule is CCOCCN(CC)c1ccc(CBr)cn1. The van der Waals surface area contributed by atoms with Crippen LogP contribution < -0.4 is 4.90 Å². The van der Waals surface area contributed by atoms with Crippen LogP contribution in [0.3, 0.4) is 0 Å². The first-order chi connectivity index (χ1) is 7.81. The summed E-state index contributed by atoms with van der Waals surface area (Å²) in [6.45, 7) is 7.52. The van der Waals surface area contributed by atoms with Crippen molar-refractivity contribution in [3.63, 3.8) is 0 Å². The average Bonchev–Trinajstić information content (AvgIpc) is 2.35. The molecule has 0 saturated heterocycles. The molecule has 0 spiro atoms. The fourth-order valence-electron chi connectivity index (χ4n) is 1.44. The maximum absolute atomic E-state index is 5.36. The van der Waals surface area contributed by atoms with Gasteiger partial charge in [0.25, 0.3) is 0 Å². The predicted octanol–water partition coefficient (Wildman–Crippen LogP) is 2.84. The smallest absolute Gasteiger partial charge is 0.128 e. The molecule has 0 aliphatic rings. The normalized spacial score (nSPS) is 10.4. The molecular weight excluding hydrogens is 268 g/mol. The van der Waals surface area contributed by atoms with E-state index in [1.54, 1.807) is 0 Å². The van der Waals surface area contributed by atoms with E-state index >= 15 is 0 Å². The van der Waals surface area contributed by atoms with Gasteiger partial charge < -0.3 is 9.64 Å². The van der Waals surface area contributed by atoms with Gasteiger partial charge in [-0.25, -0.2) is 4.98 Å². The molecule has 1 aromatic rings. The van der Waals surface area contributed by atoms with E-state index < -0.39 is 0 Å². The lowest BCUT2D eigenvalue weighted by Gasteiger charge is -2.21. The van der Waals surface area contributed by atoms with Crippen LogP contribution in [0.5, 0.6) is 0 Å². The molecule has 0 bridgehead atoms. The van der Waals surface area contributed by atoms with Crippen LogP contribution in [0, 0.1) is 0 Å². The Morgan fingerprint density at radius 1 is 1.38 bits per heavy atom. The molecule has 90 valence electrons. The number of halogens is 1. The summed E-state index contributed by atoms with van der Waals surface area (Å²) in [5.41, 5.74) is 1.20. The molecule has 1 heterocycles. The van der Waals surface area contributed by atoms with Crippen molar-refractivity contribution in [3.8, 4) is 0 Å². The maximum atomic E-state index is 5.36. The lowest BCUT2D eigenvalue weighted by atomic mass is 10.3. The van der Waals surface area contributed by atoms with Crippen molar-refractivity contribution in [1.82, 2.24) is 4.98 Å². The lowest BCUT2D eigenvalue weighted by Crippen LogP contribution is -2.27. The van der Waals surface area contributed by atoms with Crippen LogP contribution in [0.2, 0.25) is 0 Å². The van der Waals surface area contributed by atoms with Crippen molar-refractivity contribution in [2.75, 3.05) is 31.2 Å². The van der Waals surface area contributed by atoms with Crippen LogP contribution in [0.15, 0.2) is 18.3 Å². The largest absolute Gasteiger partial charge is 0.380 e. The number of anilines is 1. The Morgan fingerprint density at radius 3 is 2.69 bits per heavy atom. The third kappa shape index (κ3) is 4.10. The fraction of sp³-hybridized carbons (Fsp3) is 0.583. The average molecular weight is 287 g/mol. The van der Waals surface area contributed by atoms with Crippen LogP contribution in [0.25, 0.3) is 0 Å². The monoisotopic (exact) mass is 286 g/mol. The standard InChI is InChI=1S/C12H19BrN2O/c1-3-15(7-8-16-4-2)12-6-5-11(9-13)10-14-12/h5-6,10H,3-4,7-9H2,1-2H3. The van der Waals surface area contributed by atoms with E-state index in [1.165, 1.54) is 5.56 Å². The van der Waals surface area contributed by atoms with Gasteiger partial charge in [0.15, 0.2) is 0 Å². The van der Waals surface area contributed by atoms with Gasteiger partial charge in [0, 0.05) is 31.2 Å². The quantitative estimate of drug-likeness (QED) is 0.569. The van der Waals surface area contributed by atoms with Crippen LogP contribution in [0.4, 0.5) is 5.82 Å². The predicted molar refractivity (Wildman–Crippen MR) is 71.2 cm³/mol. The van der Waals surface area contributed by atoms with E-state index in [1.807, 2.05) is 13.1 Å². The Labute approximate surface area is 106 Å². The second-order valence-electron chi connectivity index (χ2n) is 3.43. The van der Waals surface area contributed by atoms with Gasteiger partial charge >= 0.3 is 0 Å². The summed E-state index contributed by atoms with van der Waals surface area (Å²) in [4.78, 5) is 6.66. The van der Waals surface area contributed by atoms with Crippen LogP contribution >= 0.6 is 15.9 Å². The van der Waals surface area contributed by atoms with Crippen LogP contribution in [-0.2, 0) is 10.1 Å². The number of hydrogen-bond donors (Lipinski definition) is 0. The highest BCUT2D eigenvalue weighted by Crippen LogP contribution is 2.12. The molecule has 0 radical (unpaired) electrons. The summed E-state index contributed by atoms with van der Waals surface area (Å²) in [6, 6.07) is 4.16. The lowest BCUT2D eigenvalue weighted by molar-refractivity contribution is 0.154. The van der Waals surface area contributed by atoms with Crippen molar-refractivity contribution >= 4 is 21.7 Å². The van der Waals surface area contributed by atoms with Crippen molar-refractivity contribution in [3.05, 3.63) is 23.9 Å². The molecule has 0 aromatic carbocycles. The van der Waals surface area contributed by atoms with E-state index in [-0.39, 0.29) is 0 Å². The van der Waals surface area contributed by atoms with E-state index in [9.17, 15) is 0 Å². The molecule has 3 nitrogen and oxygen atoms in total. The minimum atomic E-state index is 0.756. The fourth-order valence-corrected chi connectivity index (χ4v) is 1.77. The first-order valence-electron chi connectivity index (χ1n) is 5.65. The molecule has 1 rings (SSSR count). The molecule has 0 saturated carbocycles. The van der Waals surface area contributed by atoms with Crippen LogP contribution in [0.1, 0.15) is 19.4 Å². The number of nitrogens with zero attached hydrogens (tertiary/aromatic N) is 2.